The van der Waals surface area contributed by atoms with E-state index >= 15 is 0 Å². The number of hydrogen-bond donors (Lipinski definition) is 1. The molecule has 0 amide bonds. The third-order valence-corrected chi connectivity index (χ3v) is 4.99. The smallest absolute Gasteiger partial charge is 0.0449 e. The van der Waals surface area contributed by atoms with E-state index in [1.165, 1.54) is 37.7 Å². The van der Waals surface area contributed by atoms with Gasteiger partial charge in [-0.15, -0.1) is 0 Å². The first-order chi connectivity index (χ1) is 9.20. The van der Waals surface area contributed by atoms with Crippen LogP contribution in [0.5, 0.6) is 0 Å². The van der Waals surface area contributed by atoms with Crippen molar-refractivity contribution in [2.75, 3.05) is 6.54 Å². The van der Waals surface area contributed by atoms with Gasteiger partial charge in [-0.1, -0.05) is 59.8 Å². The number of halogens is 2. The number of likely N-dealkylation sites (N-methyl/N-ethyl adjacent to an activating group) is 1. The highest BCUT2D eigenvalue weighted by Crippen LogP contribution is 2.30. The fraction of sp³-hybridized carbons (Fsp3) is 0.625. The van der Waals surface area contributed by atoms with Crippen LogP contribution in [0.1, 0.15) is 44.6 Å². The molecule has 0 bridgehead atoms. The number of benzene rings is 1. The van der Waals surface area contributed by atoms with Crippen LogP contribution in [0.15, 0.2) is 22.7 Å². The first kappa shape index (κ1) is 15.3. The first-order valence-electron chi connectivity index (χ1n) is 7.38. The van der Waals surface area contributed by atoms with E-state index in [-0.39, 0.29) is 0 Å². The lowest BCUT2D eigenvalue weighted by Gasteiger charge is -2.31. The largest absolute Gasteiger partial charge is 0.314 e. The highest BCUT2D eigenvalue weighted by molar-refractivity contribution is 9.10. The topological polar surface area (TPSA) is 12.0 Å². The SMILES string of the molecule is CCNC(Cc1ccc(Br)cc1Cl)C1CCCCC1. The van der Waals surface area contributed by atoms with Gasteiger partial charge in [-0.25, -0.2) is 0 Å². The van der Waals surface area contributed by atoms with Crippen molar-refractivity contribution in [1.82, 2.24) is 5.32 Å². The van der Waals surface area contributed by atoms with Crippen molar-refractivity contribution < 1.29 is 0 Å². The zero-order chi connectivity index (χ0) is 13.7. The van der Waals surface area contributed by atoms with E-state index in [0.29, 0.717) is 6.04 Å². The monoisotopic (exact) mass is 343 g/mol. The van der Waals surface area contributed by atoms with E-state index in [2.05, 4.69) is 40.3 Å². The zero-order valence-corrected chi connectivity index (χ0v) is 13.9. The Labute approximate surface area is 130 Å². The van der Waals surface area contributed by atoms with Gasteiger partial charge >= 0.3 is 0 Å². The second-order valence-electron chi connectivity index (χ2n) is 5.50. The summed E-state index contributed by atoms with van der Waals surface area (Å²) in [6, 6.07) is 6.81. The molecule has 106 valence electrons. The van der Waals surface area contributed by atoms with E-state index < -0.39 is 0 Å². The Balaban J connectivity index is 2.06. The van der Waals surface area contributed by atoms with Crippen molar-refractivity contribution in [2.24, 2.45) is 5.92 Å². The lowest BCUT2D eigenvalue weighted by Crippen LogP contribution is -2.39. The second kappa shape index (κ2) is 7.66. The summed E-state index contributed by atoms with van der Waals surface area (Å²) in [6.07, 6.45) is 7.97. The minimum atomic E-state index is 0.573. The predicted molar refractivity (Wildman–Crippen MR) is 86.9 cm³/mol. The molecule has 0 heterocycles. The molecule has 1 aliphatic rings. The van der Waals surface area contributed by atoms with Gasteiger partial charge in [-0.2, -0.15) is 0 Å². The molecule has 0 spiro atoms. The highest BCUT2D eigenvalue weighted by atomic mass is 79.9. The Morgan fingerprint density at radius 2 is 2.05 bits per heavy atom. The molecule has 0 saturated heterocycles. The van der Waals surface area contributed by atoms with Crippen LogP contribution >= 0.6 is 27.5 Å². The summed E-state index contributed by atoms with van der Waals surface area (Å²) in [5.74, 6) is 0.813. The van der Waals surface area contributed by atoms with Gasteiger partial charge in [0.1, 0.15) is 0 Å². The van der Waals surface area contributed by atoms with Crippen LogP contribution < -0.4 is 5.32 Å². The summed E-state index contributed by atoms with van der Waals surface area (Å²) in [5, 5.41) is 4.55. The standard InChI is InChI=1S/C16H23BrClN/c1-2-19-16(12-6-4-3-5-7-12)10-13-8-9-14(17)11-15(13)18/h8-9,11-12,16,19H,2-7,10H2,1H3. The molecule has 1 aromatic rings. The average Bonchev–Trinajstić information content (AvgIpc) is 2.42. The van der Waals surface area contributed by atoms with Gasteiger partial charge in [0.05, 0.1) is 0 Å². The fourth-order valence-corrected chi connectivity index (χ4v) is 3.88. The van der Waals surface area contributed by atoms with Crippen molar-refractivity contribution in [3.63, 3.8) is 0 Å². The Hall–Kier alpha value is -0.0500. The van der Waals surface area contributed by atoms with E-state index in [4.69, 9.17) is 11.6 Å². The summed E-state index contributed by atoms with van der Waals surface area (Å²) < 4.78 is 1.05. The van der Waals surface area contributed by atoms with Crippen molar-refractivity contribution in [2.45, 2.75) is 51.5 Å². The number of nitrogens with one attached hydrogen (secondary N) is 1. The average molecular weight is 345 g/mol. The maximum absolute atomic E-state index is 6.35. The van der Waals surface area contributed by atoms with Gasteiger partial charge < -0.3 is 5.32 Å². The van der Waals surface area contributed by atoms with E-state index in [1.54, 1.807) is 0 Å². The molecule has 2 rings (SSSR count). The maximum atomic E-state index is 6.35. The second-order valence-corrected chi connectivity index (χ2v) is 6.82. The van der Waals surface area contributed by atoms with E-state index in [0.717, 1.165) is 28.4 Å². The van der Waals surface area contributed by atoms with Crippen molar-refractivity contribution in [1.29, 1.82) is 0 Å². The molecule has 0 aromatic heterocycles. The van der Waals surface area contributed by atoms with Crippen LogP contribution in [-0.2, 0) is 6.42 Å². The van der Waals surface area contributed by atoms with Crippen LogP contribution in [0, 0.1) is 5.92 Å². The van der Waals surface area contributed by atoms with Gasteiger partial charge in [0, 0.05) is 15.5 Å². The third kappa shape index (κ3) is 4.47. The van der Waals surface area contributed by atoms with E-state index in [1.807, 2.05) is 6.07 Å². The van der Waals surface area contributed by atoms with Crippen LogP contribution in [0.3, 0.4) is 0 Å². The molecular formula is C16H23BrClN. The Kier molecular flexibility index (Phi) is 6.18. The van der Waals surface area contributed by atoms with Crippen LogP contribution in [0.2, 0.25) is 5.02 Å². The Morgan fingerprint density at radius 3 is 2.68 bits per heavy atom. The Bertz CT molecular complexity index is 402. The number of rotatable bonds is 5. The molecule has 1 atom stereocenters. The lowest BCUT2D eigenvalue weighted by molar-refractivity contribution is 0.269. The molecular weight excluding hydrogens is 322 g/mol. The Morgan fingerprint density at radius 1 is 1.32 bits per heavy atom. The normalized spacial score (nSPS) is 18.5. The highest BCUT2D eigenvalue weighted by Gasteiger charge is 2.23. The summed E-state index contributed by atoms with van der Waals surface area (Å²) in [4.78, 5) is 0. The number of hydrogen-bond acceptors (Lipinski definition) is 1. The van der Waals surface area contributed by atoms with Gasteiger partial charge in [0.25, 0.3) is 0 Å². The molecule has 1 aromatic carbocycles. The molecule has 1 aliphatic carbocycles. The molecule has 1 fully saturated rings. The van der Waals surface area contributed by atoms with Crippen LogP contribution in [-0.4, -0.2) is 12.6 Å². The first-order valence-corrected chi connectivity index (χ1v) is 8.55. The zero-order valence-electron chi connectivity index (χ0n) is 11.6. The predicted octanol–water partition coefficient (Wildman–Crippen LogP) is 5.20. The van der Waals surface area contributed by atoms with Crippen LogP contribution in [0.4, 0.5) is 0 Å². The summed E-state index contributed by atoms with van der Waals surface area (Å²) >= 11 is 9.82. The van der Waals surface area contributed by atoms with Crippen LogP contribution in [0.25, 0.3) is 0 Å². The molecule has 1 saturated carbocycles. The summed E-state index contributed by atoms with van der Waals surface area (Å²) in [5.41, 5.74) is 1.27. The summed E-state index contributed by atoms with van der Waals surface area (Å²) in [6.45, 7) is 3.23. The minimum absolute atomic E-state index is 0.573. The van der Waals surface area contributed by atoms with Crippen molar-refractivity contribution >= 4 is 27.5 Å². The quantitative estimate of drug-likeness (QED) is 0.773. The summed E-state index contributed by atoms with van der Waals surface area (Å²) in [7, 11) is 0. The third-order valence-electron chi connectivity index (χ3n) is 4.14. The maximum Gasteiger partial charge on any atom is 0.0449 e. The van der Waals surface area contributed by atoms with Gasteiger partial charge in [0.15, 0.2) is 0 Å². The molecule has 3 heteroatoms. The minimum Gasteiger partial charge on any atom is -0.314 e. The lowest BCUT2D eigenvalue weighted by atomic mass is 9.81. The van der Waals surface area contributed by atoms with Gasteiger partial charge in [-0.3, -0.25) is 0 Å². The van der Waals surface area contributed by atoms with E-state index in [9.17, 15) is 0 Å². The molecule has 0 aliphatic heterocycles. The van der Waals surface area contributed by atoms with Crippen molar-refractivity contribution in [3.05, 3.63) is 33.3 Å². The molecule has 1 unspecified atom stereocenters. The molecule has 1 nitrogen and oxygen atoms in total. The molecule has 19 heavy (non-hydrogen) atoms. The van der Waals surface area contributed by atoms with Gasteiger partial charge in [0.2, 0.25) is 0 Å². The van der Waals surface area contributed by atoms with Crippen molar-refractivity contribution in [3.8, 4) is 0 Å². The molecule has 1 N–H and O–H groups in total. The molecule has 0 radical (unpaired) electrons. The fourth-order valence-electron chi connectivity index (χ4n) is 3.13. The van der Waals surface area contributed by atoms with Gasteiger partial charge in [-0.05, 0) is 49.4 Å².